The van der Waals surface area contributed by atoms with Gasteiger partial charge < -0.3 is 9.84 Å². The molecule has 0 saturated carbocycles. The second kappa shape index (κ2) is 6.23. The van der Waals surface area contributed by atoms with E-state index in [9.17, 15) is 14.9 Å². The Labute approximate surface area is 124 Å². The molecule has 0 radical (unpaired) electrons. The van der Waals surface area contributed by atoms with E-state index >= 15 is 0 Å². The zero-order valence-corrected chi connectivity index (χ0v) is 11.4. The Hall–Kier alpha value is -2.60. The molecule has 1 atom stereocenters. The average Bonchev–Trinajstić information content (AvgIpc) is 2.47. The third-order valence-corrected chi connectivity index (χ3v) is 3.25. The van der Waals surface area contributed by atoms with E-state index in [0.29, 0.717) is 5.56 Å². The lowest BCUT2D eigenvalue weighted by Gasteiger charge is -2.13. The molecule has 2 aromatic rings. The van der Waals surface area contributed by atoms with Gasteiger partial charge in [-0.3, -0.25) is 10.1 Å². The molecule has 0 amide bonds. The Balaban J connectivity index is 2.49. The van der Waals surface area contributed by atoms with Gasteiger partial charge in [-0.1, -0.05) is 30.3 Å². The SMILES string of the molecule is O=C(O)Oc1ccc([N+](=O)[O-])cc1C(Cl)c1ccccc1. The predicted molar refractivity (Wildman–Crippen MR) is 75.9 cm³/mol. The number of nitro groups is 1. The fourth-order valence-corrected chi connectivity index (χ4v) is 2.15. The number of nitrogens with zero attached hydrogens (tertiary/aromatic N) is 1. The minimum absolute atomic E-state index is 0.0306. The van der Waals surface area contributed by atoms with Crippen LogP contribution >= 0.6 is 11.6 Å². The first-order valence-electron chi connectivity index (χ1n) is 5.87. The lowest BCUT2D eigenvalue weighted by molar-refractivity contribution is -0.384. The Morgan fingerprint density at radius 1 is 1.24 bits per heavy atom. The topological polar surface area (TPSA) is 89.7 Å². The van der Waals surface area contributed by atoms with E-state index in [1.165, 1.54) is 12.1 Å². The van der Waals surface area contributed by atoms with Crippen molar-refractivity contribution in [1.82, 2.24) is 0 Å². The van der Waals surface area contributed by atoms with Crippen molar-refractivity contribution >= 4 is 23.4 Å². The minimum Gasteiger partial charge on any atom is -0.449 e. The van der Waals surface area contributed by atoms with E-state index in [1.807, 2.05) is 0 Å². The molecule has 0 spiro atoms. The molecule has 0 aliphatic carbocycles. The highest BCUT2D eigenvalue weighted by Gasteiger charge is 2.21. The maximum atomic E-state index is 10.9. The Bertz CT molecular complexity index is 674. The number of ether oxygens (including phenoxy) is 1. The van der Waals surface area contributed by atoms with Gasteiger partial charge in [0, 0.05) is 17.7 Å². The van der Waals surface area contributed by atoms with Gasteiger partial charge in [0.1, 0.15) is 5.75 Å². The maximum absolute atomic E-state index is 10.9. The van der Waals surface area contributed by atoms with Gasteiger partial charge in [-0.15, -0.1) is 11.6 Å². The molecule has 2 rings (SSSR count). The summed E-state index contributed by atoms with van der Waals surface area (Å²) in [4.78, 5) is 21.0. The van der Waals surface area contributed by atoms with Gasteiger partial charge in [-0.05, 0) is 11.6 Å². The number of hydrogen-bond acceptors (Lipinski definition) is 4. The van der Waals surface area contributed by atoms with Crippen LogP contribution < -0.4 is 4.74 Å². The quantitative estimate of drug-likeness (QED) is 0.303. The summed E-state index contributed by atoms with van der Waals surface area (Å²) in [6.45, 7) is 0. The lowest BCUT2D eigenvalue weighted by atomic mass is 10.0. The Morgan fingerprint density at radius 2 is 1.90 bits per heavy atom. The zero-order chi connectivity index (χ0) is 15.4. The summed E-state index contributed by atoms with van der Waals surface area (Å²) in [7, 11) is 0. The Morgan fingerprint density at radius 3 is 2.48 bits per heavy atom. The van der Waals surface area contributed by atoms with Crippen LogP contribution in [0.15, 0.2) is 48.5 Å². The number of carboxylic acid groups (broad SMARTS) is 1. The second-order valence-corrected chi connectivity index (χ2v) is 4.56. The molecule has 0 heterocycles. The third-order valence-electron chi connectivity index (χ3n) is 2.77. The number of benzene rings is 2. The highest BCUT2D eigenvalue weighted by molar-refractivity contribution is 6.22. The summed E-state index contributed by atoms with van der Waals surface area (Å²) < 4.78 is 4.63. The highest BCUT2D eigenvalue weighted by atomic mass is 35.5. The maximum Gasteiger partial charge on any atom is 0.511 e. The summed E-state index contributed by atoms with van der Waals surface area (Å²) in [6, 6.07) is 12.4. The largest absolute Gasteiger partial charge is 0.511 e. The summed E-state index contributed by atoms with van der Waals surface area (Å²) in [5, 5.41) is 18.8. The monoisotopic (exact) mass is 307 g/mol. The summed E-state index contributed by atoms with van der Waals surface area (Å²) in [5.74, 6) is -0.0306. The van der Waals surface area contributed by atoms with Gasteiger partial charge in [0.25, 0.3) is 5.69 Å². The number of halogens is 1. The second-order valence-electron chi connectivity index (χ2n) is 4.12. The number of carbonyl (C=O) groups is 1. The minimum atomic E-state index is -1.51. The van der Waals surface area contributed by atoms with Crippen LogP contribution in [0.5, 0.6) is 5.75 Å². The molecule has 2 aromatic carbocycles. The van der Waals surface area contributed by atoms with E-state index in [4.69, 9.17) is 16.7 Å². The molecule has 0 bridgehead atoms. The average molecular weight is 308 g/mol. The van der Waals surface area contributed by atoms with E-state index in [-0.39, 0.29) is 17.0 Å². The number of hydrogen-bond donors (Lipinski definition) is 1. The van der Waals surface area contributed by atoms with Crippen molar-refractivity contribution in [2.45, 2.75) is 5.38 Å². The van der Waals surface area contributed by atoms with Crippen LogP contribution in [0.1, 0.15) is 16.5 Å². The van der Waals surface area contributed by atoms with E-state index in [2.05, 4.69) is 4.74 Å². The first-order chi connectivity index (χ1) is 9.99. The third kappa shape index (κ3) is 3.49. The van der Waals surface area contributed by atoms with Crippen molar-refractivity contribution < 1.29 is 19.6 Å². The highest BCUT2D eigenvalue weighted by Crippen LogP contribution is 2.37. The molecule has 1 unspecified atom stereocenters. The van der Waals surface area contributed by atoms with Gasteiger partial charge in [0.2, 0.25) is 0 Å². The fraction of sp³-hybridized carbons (Fsp3) is 0.0714. The van der Waals surface area contributed by atoms with Gasteiger partial charge in [0.05, 0.1) is 10.3 Å². The molecule has 0 fully saturated rings. The normalized spacial score (nSPS) is 11.7. The fourth-order valence-electron chi connectivity index (χ4n) is 1.84. The van der Waals surface area contributed by atoms with Crippen LogP contribution in [-0.4, -0.2) is 16.2 Å². The van der Waals surface area contributed by atoms with Crippen LogP contribution in [0.2, 0.25) is 0 Å². The molecule has 0 aliphatic heterocycles. The molecular weight excluding hydrogens is 298 g/mol. The van der Waals surface area contributed by atoms with Crippen LogP contribution in [0.25, 0.3) is 0 Å². The molecule has 108 valence electrons. The van der Waals surface area contributed by atoms with Crippen molar-refractivity contribution in [3.05, 3.63) is 69.8 Å². The molecule has 1 N–H and O–H groups in total. The van der Waals surface area contributed by atoms with Crippen molar-refractivity contribution in [2.24, 2.45) is 0 Å². The standard InChI is InChI=1S/C14H10ClNO5/c15-13(9-4-2-1-3-5-9)11-8-10(16(19)20)6-7-12(11)21-14(17)18/h1-8,13H,(H,17,18). The number of non-ortho nitro benzene ring substituents is 1. The first kappa shape index (κ1) is 14.8. The lowest BCUT2D eigenvalue weighted by Crippen LogP contribution is -2.07. The zero-order valence-electron chi connectivity index (χ0n) is 10.6. The van der Waals surface area contributed by atoms with E-state index < -0.39 is 16.5 Å². The number of alkyl halides is 1. The van der Waals surface area contributed by atoms with Crippen molar-refractivity contribution in [2.75, 3.05) is 0 Å². The van der Waals surface area contributed by atoms with Crippen molar-refractivity contribution in [3.63, 3.8) is 0 Å². The van der Waals surface area contributed by atoms with Crippen LogP contribution in [0.4, 0.5) is 10.5 Å². The number of rotatable bonds is 4. The van der Waals surface area contributed by atoms with Crippen molar-refractivity contribution in [1.29, 1.82) is 0 Å². The molecule has 0 saturated heterocycles. The molecule has 21 heavy (non-hydrogen) atoms. The molecule has 0 aliphatic rings. The van der Waals surface area contributed by atoms with Crippen LogP contribution in [-0.2, 0) is 0 Å². The summed E-state index contributed by atoms with van der Waals surface area (Å²) in [5.41, 5.74) is 0.707. The van der Waals surface area contributed by atoms with Crippen LogP contribution in [0.3, 0.4) is 0 Å². The van der Waals surface area contributed by atoms with Crippen LogP contribution in [0, 0.1) is 10.1 Å². The van der Waals surface area contributed by atoms with Gasteiger partial charge in [-0.25, -0.2) is 4.79 Å². The molecule has 7 heteroatoms. The summed E-state index contributed by atoms with van der Waals surface area (Å²) in [6.07, 6.45) is -1.51. The molecular formula is C14H10ClNO5. The molecule has 6 nitrogen and oxygen atoms in total. The predicted octanol–water partition coefficient (Wildman–Crippen LogP) is 3.98. The smallest absolute Gasteiger partial charge is 0.449 e. The molecule has 0 aromatic heterocycles. The summed E-state index contributed by atoms with van der Waals surface area (Å²) >= 11 is 6.30. The van der Waals surface area contributed by atoms with Crippen molar-refractivity contribution in [3.8, 4) is 5.75 Å². The van der Waals surface area contributed by atoms with Gasteiger partial charge in [-0.2, -0.15) is 0 Å². The van der Waals surface area contributed by atoms with Gasteiger partial charge >= 0.3 is 6.16 Å². The van der Waals surface area contributed by atoms with Gasteiger partial charge in [0.15, 0.2) is 0 Å². The first-order valence-corrected chi connectivity index (χ1v) is 6.31. The van der Waals surface area contributed by atoms with E-state index in [1.54, 1.807) is 30.3 Å². The number of nitro benzene ring substituents is 1. The van der Waals surface area contributed by atoms with E-state index in [0.717, 1.165) is 6.07 Å². The Kier molecular flexibility index (Phi) is 4.39.